The van der Waals surface area contributed by atoms with Crippen molar-refractivity contribution in [3.63, 3.8) is 0 Å². The van der Waals surface area contributed by atoms with E-state index in [1.807, 2.05) is 0 Å². The lowest BCUT2D eigenvalue weighted by molar-refractivity contribution is -0.145. The Labute approximate surface area is 118 Å². The van der Waals surface area contributed by atoms with Crippen LogP contribution in [0.3, 0.4) is 0 Å². The summed E-state index contributed by atoms with van der Waals surface area (Å²) in [6.45, 7) is 1.14. The van der Waals surface area contributed by atoms with Gasteiger partial charge in [-0.25, -0.2) is 14.8 Å². The van der Waals surface area contributed by atoms with Gasteiger partial charge in [-0.1, -0.05) is 0 Å². The molecule has 2 aliphatic rings. The van der Waals surface area contributed by atoms with E-state index in [1.165, 1.54) is 17.3 Å². The number of hydrogen-bond donors (Lipinski definition) is 1. The minimum Gasteiger partial charge on any atom is -0.465 e. The first-order valence-corrected chi connectivity index (χ1v) is 6.63. The topological polar surface area (TPSA) is 66.3 Å². The molecule has 1 amide bonds. The van der Waals surface area contributed by atoms with Crippen molar-refractivity contribution in [2.24, 2.45) is 11.3 Å². The van der Waals surface area contributed by atoms with Gasteiger partial charge in [-0.05, 0) is 30.7 Å². The van der Waals surface area contributed by atoms with Crippen LogP contribution in [0.1, 0.15) is 24.2 Å². The van der Waals surface area contributed by atoms with Gasteiger partial charge >= 0.3 is 12.3 Å². The third-order valence-corrected chi connectivity index (χ3v) is 4.25. The first-order chi connectivity index (χ1) is 9.77. The molecule has 0 aromatic carbocycles. The monoisotopic (exact) mass is 301 g/mol. The molecule has 1 aliphatic heterocycles. The van der Waals surface area contributed by atoms with Gasteiger partial charge in [-0.3, -0.25) is 0 Å². The summed E-state index contributed by atoms with van der Waals surface area (Å²) in [6, 6.07) is 0. The molecule has 1 saturated carbocycles. The van der Waals surface area contributed by atoms with Crippen molar-refractivity contribution >= 4 is 6.09 Å². The van der Waals surface area contributed by atoms with E-state index in [0.717, 1.165) is 12.8 Å². The second-order valence-corrected chi connectivity index (χ2v) is 6.03. The second-order valence-electron chi connectivity index (χ2n) is 6.03. The fourth-order valence-corrected chi connectivity index (χ4v) is 3.41. The van der Waals surface area contributed by atoms with Gasteiger partial charge in [-0.15, -0.1) is 0 Å². The van der Waals surface area contributed by atoms with Crippen LogP contribution in [0.4, 0.5) is 18.0 Å². The lowest BCUT2D eigenvalue weighted by Gasteiger charge is -2.58. The summed E-state index contributed by atoms with van der Waals surface area (Å²) in [7, 11) is 0. The Balaban J connectivity index is 1.50. The number of carboxylic acid groups (broad SMARTS) is 1. The molecule has 1 N–H and O–H groups in total. The molecular weight excluding hydrogens is 287 g/mol. The molecule has 1 aliphatic carbocycles. The van der Waals surface area contributed by atoms with E-state index in [9.17, 15) is 18.0 Å². The largest absolute Gasteiger partial charge is 0.465 e. The molecule has 114 valence electrons. The molecule has 0 radical (unpaired) electrons. The third-order valence-electron chi connectivity index (χ3n) is 4.25. The number of hydrogen-bond acceptors (Lipinski definition) is 3. The predicted octanol–water partition coefficient (Wildman–Crippen LogP) is 2.43. The zero-order chi connectivity index (χ0) is 15.3. The first kappa shape index (κ1) is 14.1. The SMILES string of the molecule is O=C(O)N1CC2(CC(Cc3cnc(C(F)(F)F)nc3)C2)C1. The molecule has 1 aromatic heterocycles. The van der Waals surface area contributed by atoms with E-state index in [4.69, 9.17) is 5.11 Å². The number of aromatic nitrogens is 2. The van der Waals surface area contributed by atoms with E-state index in [1.54, 1.807) is 0 Å². The van der Waals surface area contributed by atoms with Gasteiger partial charge < -0.3 is 10.0 Å². The van der Waals surface area contributed by atoms with E-state index in [-0.39, 0.29) is 5.41 Å². The van der Waals surface area contributed by atoms with Crippen molar-refractivity contribution in [1.82, 2.24) is 14.9 Å². The molecule has 2 fully saturated rings. The maximum absolute atomic E-state index is 12.3. The van der Waals surface area contributed by atoms with E-state index >= 15 is 0 Å². The highest BCUT2D eigenvalue weighted by molar-refractivity contribution is 5.66. The van der Waals surface area contributed by atoms with Crippen molar-refractivity contribution in [2.45, 2.75) is 25.4 Å². The van der Waals surface area contributed by atoms with E-state index in [2.05, 4.69) is 9.97 Å². The highest BCUT2D eigenvalue weighted by atomic mass is 19.4. The van der Waals surface area contributed by atoms with Crippen LogP contribution in [-0.2, 0) is 12.6 Å². The Kier molecular flexibility index (Phi) is 3.07. The van der Waals surface area contributed by atoms with Crippen LogP contribution in [-0.4, -0.2) is 39.2 Å². The molecule has 0 unspecified atom stereocenters. The Hall–Kier alpha value is -1.86. The standard InChI is InChI=1S/C13H14F3N3O2/c14-13(15,16)10-17-4-9(5-18-10)1-8-2-12(3-8)6-19(7-12)11(20)21/h4-5,8H,1-3,6-7H2,(H,20,21). The van der Waals surface area contributed by atoms with Gasteiger partial charge in [-0.2, -0.15) is 13.2 Å². The molecule has 5 nitrogen and oxygen atoms in total. The minimum absolute atomic E-state index is 0.107. The molecule has 1 saturated heterocycles. The summed E-state index contributed by atoms with van der Waals surface area (Å²) >= 11 is 0. The molecule has 1 aromatic rings. The quantitative estimate of drug-likeness (QED) is 0.911. The van der Waals surface area contributed by atoms with Crippen molar-refractivity contribution in [1.29, 1.82) is 0 Å². The maximum Gasteiger partial charge on any atom is 0.451 e. The number of halogens is 3. The molecule has 2 heterocycles. The summed E-state index contributed by atoms with van der Waals surface area (Å²) in [4.78, 5) is 18.8. The van der Waals surface area contributed by atoms with Crippen LogP contribution in [0.15, 0.2) is 12.4 Å². The molecular formula is C13H14F3N3O2. The van der Waals surface area contributed by atoms with Gasteiger partial charge in [0, 0.05) is 30.9 Å². The summed E-state index contributed by atoms with van der Waals surface area (Å²) < 4.78 is 37.0. The average Bonchev–Trinajstić information content (AvgIpc) is 2.29. The molecule has 0 bridgehead atoms. The molecule has 3 rings (SSSR count). The number of carbonyl (C=O) groups is 1. The van der Waals surface area contributed by atoms with Gasteiger partial charge in [0.25, 0.3) is 0 Å². The first-order valence-electron chi connectivity index (χ1n) is 6.63. The van der Waals surface area contributed by atoms with Gasteiger partial charge in [0.1, 0.15) is 0 Å². The summed E-state index contributed by atoms with van der Waals surface area (Å²) in [5.41, 5.74) is 0.799. The van der Waals surface area contributed by atoms with Gasteiger partial charge in [0.15, 0.2) is 0 Å². The second kappa shape index (κ2) is 4.57. The highest BCUT2D eigenvalue weighted by Gasteiger charge is 2.53. The lowest BCUT2D eigenvalue weighted by atomic mass is 9.57. The minimum atomic E-state index is -4.51. The Morgan fingerprint density at radius 3 is 2.38 bits per heavy atom. The lowest BCUT2D eigenvalue weighted by Crippen LogP contribution is -2.63. The molecule has 1 spiro atoms. The molecule has 8 heteroatoms. The summed E-state index contributed by atoms with van der Waals surface area (Å²) in [5.74, 6) is -0.742. The number of amides is 1. The number of alkyl halides is 3. The van der Waals surface area contributed by atoms with Crippen molar-refractivity contribution in [2.75, 3.05) is 13.1 Å². The average molecular weight is 301 g/mol. The maximum atomic E-state index is 12.3. The predicted molar refractivity (Wildman–Crippen MR) is 65.5 cm³/mol. The van der Waals surface area contributed by atoms with Crippen molar-refractivity contribution in [3.05, 3.63) is 23.8 Å². The zero-order valence-corrected chi connectivity index (χ0v) is 11.1. The number of likely N-dealkylation sites (tertiary alicyclic amines) is 1. The summed E-state index contributed by atoms with van der Waals surface area (Å²) in [6.07, 6.45) is -0.468. The fraction of sp³-hybridized carbons (Fsp3) is 0.615. The molecule has 21 heavy (non-hydrogen) atoms. The Morgan fingerprint density at radius 1 is 1.33 bits per heavy atom. The van der Waals surface area contributed by atoms with Crippen LogP contribution >= 0.6 is 0 Å². The van der Waals surface area contributed by atoms with Crippen LogP contribution in [0, 0.1) is 11.3 Å². The summed E-state index contributed by atoms with van der Waals surface area (Å²) in [5, 5.41) is 8.80. The van der Waals surface area contributed by atoms with E-state index in [0.29, 0.717) is 31.0 Å². The third kappa shape index (κ3) is 2.66. The van der Waals surface area contributed by atoms with Crippen LogP contribution in [0.5, 0.6) is 0 Å². The number of rotatable bonds is 2. The van der Waals surface area contributed by atoms with Gasteiger partial charge in [0.05, 0.1) is 0 Å². The number of nitrogens with zero attached hydrogens (tertiary/aromatic N) is 3. The van der Waals surface area contributed by atoms with E-state index < -0.39 is 18.1 Å². The van der Waals surface area contributed by atoms with Crippen molar-refractivity contribution in [3.8, 4) is 0 Å². The van der Waals surface area contributed by atoms with Crippen LogP contribution in [0.25, 0.3) is 0 Å². The highest BCUT2D eigenvalue weighted by Crippen LogP contribution is 2.52. The fourth-order valence-electron chi connectivity index (χ4n) is 3.41. The Morgan fingerprint density at radius 2 is 1.90 bits per heavy atom. The normalized spacial score (nSPS) is 21.0. The zero-order valence-electron chi connectivity index (χ0n) is 11.1. The van der Waals surface area contributed by atoms with Crippen LogP contribution in [0.2, 0.25) is 0 Å². The smallest absolute Gasteiger partial charge is 0.451 e. The van der Waals surface area contributed by atoms with Gasteiger partial charge in [0.2, 0.25) is 5.82 Å². The molecule has 0 atom stereocenters. The van der Waals surface area contributed by atoms with Crippen LogP contribution < -0.4 is 0 Å². The Bertz CT molecular complexity index is 545. The van der Waals surface area contributed by atoms with Crippen molar-refractivity contribution < 1.29 is 23.1 Å².